The highest BCUT2D eigenvalue weighted by Gasteiger charge is 2.36. The lowest BCUT2D eigenvalue weighted by molar-refractivity contribution is 0.278. The molecule has 2 heterocycles. The summed E-state index contributed by atoms with van der Waals surface area (Å²) in [6.45, 7) is 0. The molecule has 0 spiro atoms. The standard InChI is InChI=1S/C60H44N2O2/c1-3-13-45(14-4-1)61(49-37-29-43(30-38-49)51-19-11-21-55-53-17-7-9-23-57(53)63-59(51)55)47-33-25-41(26-34-47)42-27-35-48(36-28-42)62(46-15-5-2-6-16-46)50-39-31-44(32-40-50)52-20-12-22-56-54-18-8-10-24-58(54)64-60(52)56/h1-35,37-40,48,56,60H,36H2. The maximum atomic E-state index is 6.51. The Labute approximate surface area is 373 Å². The van der Waals surface area contributed by atoms with Gasteiger partial charge in [-0.25, -0.2) is 0 Å². The molecule has 3 unspecified atom stereocenters. The molecule has 9 aromatic rings. The zero-order chi connectivity index (χ0) is 42.4. The van der Waals surface area contributed by atoms with Gasteiger partial charge in [-0.2, -0.15) is 0 Å². The van der Waals surface area contributed by atoms with Crippen molar-refractivity contribution in [2.24, 2.45) is 0 Å². The van der Waals surface area contributed by atoms with Crippen LogP contribution in [0, 0.1) is 0 Å². The van der Waals surface area contributed by atoms with Crippen LogP contribution in [0.3, 0.4) is 0 Å². The zero-order valence-corrected chi connectivity index (χ0v) is 35.2. The van der Waals surface area contributed by atoms with E-state index in [9.17, 15) is 0 Å². The number of rotatable bonds is 9. The number of hydrogen-bond acceptors (Lipinski definition) is 4. The minimum atomic E-state index is -0.0124. The minimum Gasteiger partial charge on any atom is -0.484 e. The molecule has 306 valence electrons. The first-order valence-electron chi connectivity index (χ1n) is 22.2. The van der Waals surface area contributed by atoms with E-state index in [4.69, 9.17) is 9.15 Å². The summed E-state index contributed by atoms with van der Waals surface area (Å²) >= 11 is 0. The summed E-state index contributed by atoms with van der Waals surface area (Å²) < 4.78 is 12.9. The van der Waals surface area contributed by atoms with Crippen LogP contribution in [0.2, 0.25) is 0 Å². The SMILES string of the molecule is C1=CC2c3ccccc3OC2C(c2ccc(N(c3ccccc3)C3C=CC(c4ccc(N(c5ccccc5)c5ccc(-c6cccc7c6oc6ccccc67)cc5)cc4)=CC3)cc2)=C1. The lowest BCUT2D eigenvalue weighted by Crippen LogP contribution is -2.30. The van der Waals surface area contributed by atoms with E-state index in [1.807, 2.05) is 12.1 Å². The number of hydrogen-bond donors (Lipinski definition) is 0. The molecule has 1 aromatic heterocycles. The Hall–Kier alpha value is -8.08. The van der Waals surface area contributed by atoms with Gasteiger partial charge in [-0.15, -0.1) is 0 Å². The fourth-order valence-corrected chi connectivity index (χ4v) is 9.87. The Morgan fingerprint density at radius 2 is 1.09 bits per heavy atom. The van der Waals surface area contributed by atoms with Crippen molar-refractivity contribution < 1.29 is 9.15 Å². The maximum Gasteiger partial charge on any atom is 0.143 e. The summed E-state index contributed by atoms with van der Waals surface area (Å²) in [6.07, 6.45) is 14.6. The number of furan rings is 1. The van der Waals surface area contributed by atoms with Crippen molar-refractivity contribution in [3.63, 3.8) is 0 Å². The first-order chi connectivity index (χ1) is 31.7. The van der Waals surface area contributed by atoms with Gasteiger partial charge in [0.2, 0.25) is 0 Å². The molecule has 2 aliphatic carbocycles. The van der Waals surface area contributed by atoms with Gasteiger partial charge in [0, 0.05) is 61.8 Å². The lowest BCUT2D eigenvalue weighted by atomic mass is 9.84. The molecule has 3 aliphatic rings. The maximum absolute atomic E-state index is 6.51. The summed E-state index contributed by atoms with van der Waals surface area (Å²) in [5, 5.41) is 2.27. The van der Waals surface area contributed by atoms with Crippen molar-refractivity contribution in [3.05, 3.63) is 253 Å². The van der Waals surface area contributed by atoms with E-state index in [2.05, 4.69) is 234 Å². The first kappa shape index (κ1) is 37.7. The van der Waals surface area contributed by atoms with E-state index in [0.717, 1.165) is 68.0 Å². The Kier molecular flexibility index (Phi) is 9.41. The quantitative estimate of drug-likeness (QED) is 0.145. The highest BCUT2D eigenvalue weighted by atomic mass is 16.5. The third kappa shape index (κ3) is 6.72. The van der Waals surface area contributed by atoms with Crippen molar-refractivity contribution in [1.29, 1.82) is 0 Å². The predicted octanol–water partition coefficient (Wildman–Crippen LogP) is 15.8. The number of anilines is 5. The Morgan fingerprint density at radius 1 is 0.484 bits per heavy atom. The van der Waals surface area contributed by atoms with Gasteiger partial charge >= 0.3 is 0 Å². The molecule has 12 rings (SSSR count). The van der Waals surface area contributed by atoms with Crippen molar-refractivity contribution >= 4 is 61.5 Å². The van der Waals surface area contributed by atoms with E-state index in [0.29, 0.717) is 0 Å². The van der Waals surface area contributed by atoms with Gasteiger partial charge in [-0.1, -0.05) is 164 Å². The second kappa shape index (κ2) is 16.0. The van der Waals surface area contributed by atoms with Crippen molar-refractivity contribution in [3.8, 4) is 16.9 Å². The third-order valence-electron chi connectivity index (χ3n) is 13.0. The zero-order valence-electron chi connectivity index (χ0n) is 35.2. The van der Waals surface area contributed by atoms with Crippen molar-refractivity contribution in [2.45, 2.75) is 24.5 Å². The molecule has 3 atom stereocenters. The largest absolute Gasteiger partial charge is 0.484 e. The molecular weight excluding hydrogens is 781 g/mol. The molecule has 4 nitrogen and oxygen atoms in total. The molecule has 8 aromatic carbocycles. The fraction of sp³-hybridized carbons (Fsp3) is 0.0667. The van der Waals surface area contributed by atoms with Gasteiger partial charge in [-0.05, 0) is 101 Å². The predicted molar refractivity (Wildman–Crippen MR) is 265 cm³/mol. The van der Waals surface area contributed by atoms with Crippen LogP contribution < -0.4 is 14.5 Å². The van der Waals surface area contributed by atoms with Crippen LogP contribution in [-0.2, 0) is 0 Å². The van der Waals surface area contributed by atoms with Gasteiger partial charge in [0.05, 0.1) is 6.04 Å². The molecule has 0 fully saturated rings. The van der Waals surface area contributed by atoms with Crippen molar-refractivity contribution in [2.75, 3.05) is 9.80 Å². The molecule has 0 saturated carbocycles. The number of fused-ring (bicyclic) bond motifs is 6. The van der Waals surface area contributed by atoms with Crippen LogP contribution in [0.25, 0.3) is 44.2 Å². The van der Waals surface area contributed by atoms with E-state index in [1.54, 1.807) is 0 Å². The molecule has 64 heavy (non-hydrogen) atoms. The van der Waals surface area contributed by atoms with Crippen LogP contribution >= 0.6 is 0 Å². The van der Waals surface area contributed by atoms with E-state index < -0.39 is 0 Å². The second-order valence-corrected chi connectivity index (χ2v) is 16.7. The fourth-order valence-electron chi connectivity index (χ4n) is 9.87. The van der Waals surface area contributed by atoms with Gasteiger partial charge < -0.3 is 19.0 Å². The number of para-hydroxylation sites is 5. The van der Waals surface area contributed by atoms with E-state index in [-0.39, 0.29) is 18.1 Å². The van der Waals surface area contributed by atoms with Crippen LogP contribution in [0.1, 0.15) is 29.0 Å². The molecular formula is C60H44N2O2. The van der Waals surface area contributed by atoms with E-state index in [1.165, 1.54) is 33.5 Å². The average molecular weight is 825 g/mol. The molecule has 0 radical (unpaired) electrons. The van der Waals surface area contributed by atoms with Crippen molar-refractivity contribution in [1.82, 2.24) is 0 Å². The molecule has 1 aliphatic heterocycles. The smallest absolute Gasteiger partial charge is 0.143 e. The number of nitrogens with zero attached hydrogens (tertiary/aromatic N) is 2. The molecule has 0 bridgehead atoms. The third-order valence-corrected chi connectivity index (χ3v) is 13.0. The highest BCUT2D eigenvalue weighted by Crippen LogP contribution is 2.46. The van der Waals surface area contributed by atoms with Gasteiger partial charge in [0.25, 0.3) is 0 Å². The normalized spacial score (nSPS) is 17.3. The number of allylic oxidation sites excluding steroid dienone is 4. The lowest BCUT2D eigenvalue weighted by Gasteiger charge is -2.33. The molecule has 0 N–H and O–H groups in total. The number of benzene rings is 8. The summed E-state index contributed by atoms with van der Waals surface area (Å²) in [7, 11) is 0. The average Bonchev–Trinajstić information content (AvgIpc) is 3.95. The van der Waals surface area contributed by atoms with Crippen LogP contribution in [0.4, 0.5) is 28.4 Å². The van der Waals surface area contributed by atoms with Gasteiger partial charge in [0.15, 0.2) is 0 Å². The molecule has 4 heteroatoms. The first-order valence-corrected chi connectivity index (χ1v) is 22.2. The van der Waals surface area contributed by atoms with Gasteiger partial charge in [0.1, 0.15) is 23.0 Å². The highest BCUT2D eigenvalue weighted by molar-refractivity contribution is 6.09. The summed E-state index contributed by atoms with van der Waals surface area (Å²) in [5.74, 6) is 1.22. The Balaban J connectivity index is 0.793. The monoisotopic (exact) mass is 824 g/mol. The van der Waals surface area contributed by atoms with Gasteiger partial charge in [-0.3, -0.25) is 0 Å². The van der Waals surface area contributed by atoms with Crippen LogP contribution in [-0.4, -0.2) is 12.1 Å². The summed E-state index contributed by atoms with van der Waals surface area (Å²) in [4.78, 5) is 4.77. The van der Waals surface area contributed by atoms with Crippen LogP contribution in [0.15, 0.2) is 241 Å². The summed E-state index contributed by atoms with van der Waals surface area (Å²) in [6, 6.07) is 71.4. The van der Waals surface area contributed by atoms with E-state index >= 15 is 0 Å². The minimum absolute atomic E-state index is 0.0124. The molecule has 0 amide bonds. The number of ether oxygens (including phenoxy) is 1. The summed E-state index contributed by atoms with van der Waals surface area (Å²) in [5.41, 5.74) is 15.7. The Bertz CT molecular complexity index is 3270. The van der Waals surface area contributed by atoms with Crippen LogP contribution in [0.5, 0.6) is 5.75 Å². The second-order valence-electron chi connectivity index (χ2n) is 16.7. The molecule has 0 saturated heterocycles. The topological polar surface area (TPSA) is 28.9 Å². The Morgan fingerprint density at radius 3 is 1.84 bits per heavy atom.